The lowest BCUT2D eigenvalue weighted by Crippen LogP contribution is -2.31. The highest BCUT2D eigenvalue weighted by Crippen LogP contribution is 2.32. The number of anilines is 1. The minimum Gasteiger partial charge on any atom is -0.496 e. The van der Waals surface area contributed by atoms with E-state index in [4.69, 9.17) is 16.3 Å². The average Bonchev–Trinajstić information content (AvgIpc) is 2.94. The molecule has 7 nitrogen and oxygen atoms in total. The maximum atomic E-state index is 13.7. The van der Waals surface area contributed by atoms with Crippen molar-refractivity contribution in [2.45, 2.75) is 18.4 Å². The van der Waals surface area contributed by atoms with E-state index in [1.54, 1.807) is 92.9 Å². The minimum absolute atomic E-state index is 0.0479. The standard InChI is InChI=1S/C29H26ClN3O4S/c1-21-26(30)12-8-13-27(21)33(38(35,36)25-10-4-3-5-11-25)20-22-15-17-23(18-16-22)29(34)32-31-19-24-9-6-7-14-28(24)37-2/h3-19H,20H2,1-2H3,(H,32,34)/b31-19-. The summed E-state index contributed by atoms with van der Waals surface area (Å²) < 4.78 is 33.9. The molecule has 38 heavy (non-hydrogen) atoms. The van der Waals surface area contributed by atoms with Crippen LogP contribution in [0.1, 0.15) is 27.0 Å². The Morgan fingerprint density at radius 2 is 1.63 bits per heavy atom. The molecule has 0 unspecified atom stereocenters. The van der Waals surface area contributed by atoms with E-state index in [2.05, 4.69) is 10.5 Å². The van der Waals surface area contributed by atoms with Crippen LogP contribution in [0.4, 0.5) is 5.69 Å². The first-order valence-electron chi connectivity index (χ1n) is 11.7. The lowest BCUT2D eigenvalue weighted by Gasteiger charge is -2.26. The summed E-state index contributed by atoms with van der Waals surface area (Å²) in [5.41, 5.74) is 5.42. The molecule has 0 bridgehead atoms. The number of nitrogens with zero attached hydrogens (tertiary/aromatic N) is 2. The van der Waals surface area contributed by atoms with Gasteiger partial charge in [0.2, 0.25) is 0 Å². The van der Waals surface area contributed by atoms with Crippen molar-refractivity contribution in [2.24, 2.45) is 5.10 Å². The van der Waals surface area contributed by atoms with E-state index in [0.29, 0.717) is 33.1 Å². The van der Waals surface area contributed by atoms with E-state index in [-0.39, 0.29) is 11.4 Å². The van der Waals surface area contributed by atoms with Gasteiger partial charge in [-0.3, -0.25) is 9.10 Å². The van der Waals surface area contributed by atoms with Crippen LogP contribution in [0.5, 0.6) is 5.75 Å². The topological polar surface area (TPSA) is 88.1 Å². The molecule has 1 N–H and O–H groups in total. The van der Waals surface area contributed by atoms with Gasteiger partial charge in [-0.1, -0.05) is 60.1 Å². The maximum Gasteiger partial charge on any atom is 0.271 e. The Kier molecular flexibility index (Phi) is 8.45. The Hall–Kier alpha value is -4.14. The van der Waals surface area contributed by atoms with Crippen LogP contribution in [0.3, 0.4) is 0 Å². The second kappa shape index (κ2) is 11.9. The summed E-state index contributed by atoms with van der Waals surface area (Å²) in [5.74, 6) is 0.238. The number of nitrogens with one attached hydrogen (secondary N) is 1. The lowest BCUT2D eigenvalue weighted by atomic mass is 10.1. The van der Waals surface area contributed by atoms with E-state index in [1.807, 2.05) is 18.2 Å². The monoisotopic (exact) mass is 547 g/mol. The number of carbonyl (C=O) groups excluding carboxylic acids is 1. The van der Waals surface area contributed by atoms with Crippen LogP contribution in [0.25, 0.3) is 0 Å². The zero-order chi connectivity index (χ0) is 27.1. The fourth-order valence-electron chi connectivity index (χ4n) is 3.81. The second-order valence-electron chi connectivity index (χ2n) is 8.35. The Morgan fingerprint density at radius 3 is 2.34 bits per heavy atom. The third-order valence-corrected chi connectivity index (χ3v) is 8.07. The van der Waals surface area contributed by atoms with Gasteiger partial charge in [0, 0.05) is 16.1 Å². The van der Waals surface area contributed by atoms with Gasteiger partial charge in [-0.15, -0.1) is 0 Å². The highest BCUT2D eigenvalue weighted by atomic mass is 35.5. The maximum absolute atomic E-state index is 13.7. The van der Waals surface area contributed by atoms with Gasteiger partial charge in [0.05, 0.1) is 30.5 Å². The van der Waals surface area contributed by atoms with Gasteiger partial charge in [0.1, 0.15) is 5.75 Å². The zero-order valence-electron chi connectivity index (χ0n) is 20.8. The quantitative estimate of drug-likeness (QED) is 0.211. The summed E-state index contributed by atoms with van der Waals surface area (Å²) in [5, 5.41) is 4.49. The van der Waals surface area contributed by atoms with Gasteiger partial charge >= 0.3 is 0 Å². The number of hydrogen-bond acceptors (Lipinski definition) is 5. The van der Waals surface area contributed by atoms with Crippen molar-refractivity contribution in [1.29, 1.82) is 0 Å². The molecule has 0 fully saturated rings. The molecule has 1 amide bonds. The number of amides is 1. The summed E-state index contributed by atoms with van der Waals surface area (Å²) in [6, 6.07) is 27.4. The van der Waals surface area contributed by atoms with Gasteiger partial charge in [-0.2, -0.15) is 5.10 Å². The molecule has 0 atom stereocenters. The summed E-state index contributed by atoms with van der Waals surface area (Å²) in [6.07, 6.45) is 1.50. The summed E-state index contributed by atoms with van der Waals surface area (Å²) in [7, 11) is -2.33. The molecule has 0 saturated heterocycles. The molecule has 0 aromatic heterocycles. The average molecular weight is 548 g/mol. The first kappa shape index (κ1) is 26.9. The van der Waals surface area contributed by atoms with Crippen LogP contribution < -0.4 is 14.5 Å². The van der Waals surface area contributed by atoms with Crippen molar-refractivity contribution in [3.8, 4) is 5.75 Å². The molecule has 194 valence electrons. The number of halogens is 1. The van der Waals surface area contributed by atoms with Gasteiger partial charge in [-0.05, 0) is 66.6 Å². The first-order valence-corrected chi connectivity index (χ1v) is 13.5. The van der Waals surface area contributed by atoms with E-state index in [1.165, 1.54) is 10.5 Å². The highest BCUT2D eigenvalue weighted by Gasteiger charge is 2.27. The number of methoxy groups -OCH3 is 1. The predicted molar refractivity (Wildman–Crippen MR) is 150 cm³/mol. The van der Waals surface area contributed by atoms with Crippen molar-refractivity contribution in [3.63, 3.8) is 0 Å². The van der Waals surface area contributed by atoms with E-state index >= 15 is 0 Å². The third-order valence-electron chi connectivity index (χ3n) is 5.89. The SMILES string of the molecule is COc1ccccc1/C=N\NC(=O)c1ccc(CN(c2cccc(Cl)c2C)S(=O)(=O)c2ccccc2)cc1. The summed E-state index contributed by atoms with van der Waals surface area (Å²) >= 11 is 6.33. The minimum atomic E-state index is -3.90. The highest BCUT2D eigenvalue weighted by molar-refractivity contribution is 7.92. The number of benzene rings is 4. The number of sulfonamides is 1. The van der Waals surface area contributed by atoms with Crippen LogP contribution in [0.15, 0.2) is 107 Å². The Morgan fingerprint density at radius 1 is 0.947 bits per heavy atom. The molecule has 0 aliphatic rings. The second-order valence-corrected chi connectivity index (χ2v) is 10.6. The smallest absolute Gasteiger partial charge is 0.271 e. The molecule has 0 spiro atoms. The number of ether oxygens (including phenoxy) is 1. The predicted octanol–water partition coefficient (Wildman–Crippen LogP) is 5.82. The van der Waals surface area contributed by atoms with Crippen molar-refractivity contribution < 1.29 is 17.9 Å². The molecule has 0 saturated carbocycles. The van der Waals surface area contributed by atoms with Crippen LogP contribution in [-0.2, 0) is 16.6 Å². The van der Waals surface area contributed by atoms with E-state index in [9.17, 15) is 13.2 Å². The summed E-state index contributed by atoms with van der Waals surface area (Å²) in [6.45, 7) is 1.83. The molecule has 0 aliphatic carbocycles. The number of para-hydroxylation sites is 1. The van der Waals surface area contributed by atoms with Crippen LogP contribution in [0, 0.1) is 6.92 Å². The molecule has 9 heteroatoms. The molecular weight excluding hydrogens is 522 g/mol. The molecule has 4 aromatic rings. The molecule has 0 aliphatic heterocycles. The first-order chi connectivity index (χ1) is 18.3. The number of hydrogen-bond donors (Lipinski definition) is 1. The van der Waals surface area contributed by atoms with Crippen molar-refractivity contribution in [3.05, 3.63) is 124 Å². The summed E-state index contributed by atoms with van der Waals surface area (Å²) in [4.78, 5) is 12.8. The fourth-order valence-corrected chi connectivity index (χ4v) is 5.51. The van der Waals surface area contributed by atoms with Gasteiger partial charge < -0.3 is 4.74 Å². The largest absolute Gasteiger partial charge is 0.496 e. The molecule has 0 radical (unpaired) electrons. The molecule has 4 rings (SSSR count). The third kappa shape index (κ3) is 6.04. The zero-order valence-corrected chi connectivity index (χ0v) is 22.4. The number of hydrazone groups is 1. The Labute approximate surface area is 227 Å². The van der Waals surface area contributed by atoms with Gasteiger partial charge in [-0.25, -0.2) is 13.8 Å². The van der Waals surface area contributed by atoms with E-state index in [0.717, 1.165) is 5.56 Å². The molecule has 4 aromatic carbocycles. The lowest BCUT2D eigenvalue weighted by molar-refractivity contribution is 0.0955. The van der Waals surface area contributed by atoms with Crippen molar-refractivity contribution >= 4 is 39.4 Å². The van der Waals surface area contributed by atoms with Crippen molar-refractivity contribution in [1.82, 2.24) is 5.43 Å². The van der Waals surface area contributed by atoms with E-state index < -0.39 is 15.9 Å². The van der Waals surface area contributed by atoms with Gasteiger partial charge in [0.25, 0.3) is 15.9 Å². The normalized spacial score (nSPS) is 11.3. The molecule has 0 heterocycles. The Bertz CT molecular complexity index is 1560. The fraction of sp³-hybridized carbons (Fsp3) is 0.103. The number of carbonyl (C=O) groups is 1. The van der Waals surface area contributed by atoms with Gasteiger partial charge in [0.15, 0.2) is 0 Å². The van der Waals surface area contributed by atoms with Crippen LogP contribution in [-0.4, -0.2) is 27.6 Å². The van der Waals surface area contributed by atoms with Crippen LogP contribution >= 0.6 is 11.6 Å². The number of rotatable bonds is 9. The van der Waals surface area contributed by atoms with Crippen molar-refractivity contribution in [2.75, 3.05) is 11.4 Å². The molecular formula is C29H26ClN3O4S. The van der Waals surface area contributed by atoms with Crippen LogP contribution in [0.2, 0.25) is 5.02 Å². The Balaban J connectivity index is 1.55.